The average Bonchev–Trinajstić information content (AvgIpc) is 2.56. The van der Waals surface area contributed by atoms with Gasteiger partial charge in [0.15, 0.2) is 0 Å². The van der Waals surface area contributed by atoms with Crippen molar-refractivity contribution in [3.63, 3.8) is 0 Å². The van der Waals surface area contributed by atoms with E-state index in [1.807, 2.05) is 12.1 Å². The van der Waals surface area contributed by atoms with Gasteiger partial charge in [0.25, 0.3) is 11.5 Å². The first-order valence-electron chi connectivity index (χ1n) is 7.23. The van der Waals surface area contributed by atoms with Crippen LogP contribution in [0.5, 0.6) is 0 Å². The second-order valence-corrected chi connectivity index (χ2v) is 5.24. The van der Waals surface area contributed by atoms with Gasteiger partial charge in [-0.15, -0.1) is 0 Å². The molecule has 0 radical (unpaired) electrons. The van der Waals surface area contributed by atoms with E-state index < -0.39 is 0 Å². The van der Waals surface area contributed by atoms with Gasteiger partial charge in [-0.05, 0) is 25.0 Å². The van der Waals surface area contributed by atoms with Crippen molar-refractivity contribution >= 4 is 11.6 Å². The average molecular weight is 299 g/mol. The normalized spacial score (nSPS) is 15.5. The molecule has 2 N–H and O–H groups in total. The number of nitrogens with one attached hydrogen (secondary N) is 2. The van der Waals surface area contributed by atoms with Gasteiger partial charge in [0.2, 0.25) is 0 Å². The number of aromatic nitrogens is 3. The van der Waals surface area contributed by atoms with Crippen LogP contribution < -0.4 is 10.9 Å². The maximum atomic E-state index is 12.3. The summed E-state index contributed by atoms with van der Waals surface area (Å²) in [7, 11) is 0. The largest absolute Gasteiger partial charge is 0.382 e. The monoisotopic (exact) mass is 299 g/mol. The lowest BCUT2D eigenvalue weighted by Crippen LogP contribution is -2.42. The number of likely N-dealkylation sites (tertiary alicyclic amines) is 1. The number of carbonyl (C=O) groups excluding carboxylic acids is 1. The molecular formula is C15H17N5O2. The zero-order chi connectivity index (χ0) is 15.4. The predicted molar refractivity (Wildman–Crippen MR) is 81.6 cm³/mol. The predicted octanol–water partition coefficient (Wildman–Crippen LogP) is 0.882. The number of amides is 1. The minimum atomic E-state index is -0.312. The maximum Gasteiger partial charge on any atom is 0.272 e. The van der Waals surface area contributed by atoms with Crippen LogP contribution in [0.2, 0.25) is 0 Å². The molecule has 1 aliphatic heterocycles. The summed E-state index contributed by atoms with van der Waals surface area (Å²) in [6, 6.07) is 5.43. The number of aromatic amines is 1. The van der Waals surface area contributed by atoms with E-state index in [2.05, 4.69) is 20.3 Å². The Kier molecular flexibility index (Phi) is 4.13. The molecule has 3 rings (SSSR count). The van der Waals surface area contributed by atoms with E-state index in [0.29, 0.717) is 19.1 Å². The third-order valence-electron chi connectivity index (χ3n) is 3.73. The van der Waals surface area contributed by atoms with Gasteiger partial charge in [0, 0.05) is 43.3 Å². The number of pyridine rings is 1. The zero-order valence-corrected chi connectivity index (χ0v) is 12.0. The zero-order valence-electron chi connectivity index (χ0n) is 12.0. The molecule has 0 aromatic carbocycles. The molecule has 0 saturated carbocycles. The first kappa shape index (κ1) is 14.2. The third kappa shape index (κ3) is 3.30. The number of hydrogen-bond donors (Lipinski definition) is 2. The summed E-state index contributed by atoms with van der Waals surface area (Å²) in [5, 5.41) is 3.44. The maximum absolute atomic E-state index is 12.3. The van der Waals surface area contributed by atoms with Crippen LogP contribution in [0.3, 0.4) is 0 Å². The Hall–Kier alpha value is -2.70. The molecule has 2 aromatic heterocycles. The minimum Gasteiger partial charge on any atom is -0.382 e. The molecule has 0 bridgehead atoms. The van der Waals surface area contributed by atoms with Gasteiger partial charge in [-0.1, -0.05) is 0 Å². The second kappa shape index (κ2) is 6.38. The van der Waals surface area contributed by atoms with E-state index in [9.17, 15) is 9.59 Å². The first-order valence-corrected chi connectivity index (χ1v) is 7.23. The Labute approximate surface area is 127 Å². The fourth-order valence-corrected chi connectivity index (χ4v) is 2.56. The quantitative estimate of drug-likeness (QED) is 0.878. The molecule has 1 amide bonds. The van der Waals surface area contributed by atoms with Crippen molar-refractivity contribution in [3.05, 3.63) is 53.0 Å². The molecule has 3 heterocycles. The van der Waals surface area contributed by atoms with Crippen molar-refractivity contribution in [2.45, 2.75) is 18.9 Å². The molecule has 114 valence electrons. The topological polar surface area (TPSA) is 91.0 Å². The fourth-order valence-electron chi connectivity index (χ4n) is 2.56. The summed E-state index contributed by atoms with van der Waals surface area (Å²) in [6.07, 6.45) is 6.47. The molecule has 22 heavy (non-hydrogen) atoms. The van der Waals surface area contributed by atoms with Gasteiger partial charge in [-0.25, -0.2) is 4.98 Å². The number of nitrogens with zero attached hydrogens (tertiary/aromatic N) is 3. The SMILES string of the molecule is O=C(c1cc(=O)[nH]cn1)N1CCC(Nc2ccncc2)CC1. The Morgan fingerprint density at radius 3 is 2.68 bits per heavy atom. The molecule has 7 nitrogen and oxygen atoms in total. The summed E-state index contributed by atoms with van der Waals surface area (Å²) < 4.78 is 0. The van der Waals surface area contributed by atoms with Gasteiger partial charge in [0.05, 0.1) is 6.33 Å². The summed E-state index contributed by atoms with van der Waals surface area (Å²) in [4.78, 5) is 35.6. The van der Waals surface area contributed by atoms with Gasteiger partial charge in [0.1, 0.15) is 5.69 Å². The molecular weight excluding hydrogens is 282 g/mol. The van der Waals surface area contributed by atoms with E-state index in [-0.39, 0.29) is 17.2 Å². The number of anilines is 1. The molecule has 1 saturated heterocycles. The van der Waals surface area contributed by atoms with Crippen LogP contribution in [0.4, 0.5) is 5.69 Å². The van der Waals surface area contributed by atoms with Gasteiger partial charge in [-0.3, -0.25) is 14.6 Å². The number of carbonyl (C=O) groups is 1. The minimum absolute atomic E-state index is 0.187. The smallest absolute Gasteiger partial charge is 0.272 e. The third-order valence-corrected chi connectivity index (χ3v) is 3.73. The highest BCUT2D eigenvalue weighted by Gasteiger charge is 2.24. The summed E-state index contributed by atoms with van der Waals surface area (Å²) in [5.41, 5.74) is 0.924. The Morgan fingerprint density at radius 1 is 1.27 bits per heavy atom. The Bertz CT molecular complexity index is 692. The first-order chi connectivity index (χ1) is 10.7. The van der Waals surface area contributed by atoms with Crippen molar-refractivity contribution in [1.29, 1.82) is 0 Å². The number of rotatable bonds is 3. The summed E-state index contributed by atoms with van der Waals surface area (Å²) in [6.45, 7) is 1.30. The highest BCUT2D eigenvalue weighted by Crippen LogP contribution is 2.17. The molecule has 0 unspecified atom stereocenters. The lowest BCUT2D eigenvalue weighted by Gasteiger charge is -2.32. The molecule has 1 fully saturated rings. The molecule has 2 aromatic rings. The highest BCUT2D eigenvalue weighted by molar-refractivity contribution is 5.92. The van der Waals surface area contributed by atoms with Crippen molar-refractivity contribution in [3.8, 4) is 0 Å². The van der Waals surface area contributed by atoms with Crippen molar-refractivity contribution in [1.82, 2.24) is 19.9 Å². The summed E-state index contributed by atoms with van der Waals surface area (Å²) >= 11 is 0. The Morgan fingerprint density at radius 2 is 2.00 bits per heavy atom. The lowest BCUT2D eigenvalue weighted by atomic mass is 10.0. The number of piperidine rings is 1. The van der Waals surface area contributed by atoms with Gasteiger partial charge < -0.3 is 15.2 Å². The van der Waals surface area contributed by atoms with Crippen molar-refractivity contribution < 1.29 is 4.79 Å². The molecule has 0 atom stereocenters. The molecule has 1 aliphatic rings. The molecule has 7 heteroatoms. The number of H-pyrrole nitrogens is 1. The number of hydrogen-bond acceptors (Lipinski definition) is 5. The van der Waals surface area contributed by atoms with Gasteiger partial charge in [-0.2, -0.15) is 0 Å². The standard InChI is InChI=1S/C15H17N5O2/c21-14-9-13(17-10-18-14)15(22)20-7-3-12(4-8-20)19-11-1-5-16-6-2-11/h1-2,5-6,9-10,12H,3-4,7-8H2,(H,16,19)(H,17,18,21). The van der Waals surface area contributed by atoms with Gasteiger partial charge >= 0.3 is 0 Å². The van der Waals surface area contributed by atoms with E-state index in [1.165, 1.54) is 12.4 Å². The van der Waals surface area contributed by atoms with E-state index in [1.54, 1.807) is 17.3 Å². The van der Waals surface area contributed by atoms with Crippen LogP contribution in [-0.2, 0) is 0 Å². The second-order valence-electron chi connectivity index (χ2n) is 5.24. The van der Waals surface area contributed by atoms with Crippen LogP contribution in [0.25, 0.3) is 0 Å². The van der Waals surface area contributed by atoms with E-state index >= 15 is 0 Å². The van der Waals surface area contributed by atoms with Crippen molar-refractivity contribution in [2.24, 2.45) is 0 Å². The van der Waals surface area contributed by atoms with Crippen LogP contribution in [0.1, 0.15) is 23.3 Å². The van der Waals surface area contributed by atoms with Crippen molar-refractivity contribution in [2.75, 3.05) is 18.4 Å². The van der Waals surface area contributed by atoms with Crippen LogP contribution >= 0.6 is 0 Å². The Balaban J connectivity index is 1.57. The molecule has 0 aliphatic carbocycles. The van der Waals surface area contributed by atoms with Crippen LogP contribution in [0, 0.1) is 0 Å². The summed E-state index contributed by atoms with van der Waals surface area (Å²) in [5.74, 6) is -0.187. The van der Waals surface area contributed by atoms with E-state index in [0.717, 1.165) is 18.5 Å². The van der Waals surface area contributed by atoms with Crippen LogP contribution in [0.15, 0.2) is 41.7 Å². The lowest BCUT2D eigenvalue weighted by molar-refractivity contribution is 0.0712. The van der Waals surface area contributed by atoms with Crippen LogP contribution in [-0.4, -0.2) is 44.9 Å². The highest BCUT2D eigenvalue weighted by atomic mass is 16.2. The van der Waals surface area contributed by atoms with E-state index in [4.69, 9.17) is 0 Å². The molecule has 0 spiro atoms. The fraction of sp³-hybridized carbons (Fsp3) is 0.333.